The lowest BCUT2D eigenvalue weighted by Crippen LogP contribution is -2.76. The Kier molecular flexibility index (Phi) is 4.26. The van der Waals surface area contributed by atoms with Gasteiger partial charge in [-0.3, -0.25) is 9.69 Å². The van der Waals surface area contributed by atoms with Gasteiger partial charge in [-0.25, -0.2) is 4.79 Å². The molecule has 4 aliphatic rings. The Labute approximate surface area is 167 Å². The highest BCUT2D eigenvalue weighted by Gasteiger charge is 2.73. The van der Waals surface area contributed by atoms with Gasteiger partial charge >= 0.3 is 12.1 Å². The van der Waals surface area contributed by atoms with Gasteiger partial charge in [0.2, 0.25) is 0 Å². The molecule has 1 aromatic rings. The minimum atomic E-state index is -5.08. The number of phenols is 1. The number of carboxylic acids is 1. The van der Waals surface area contributed by atoms with Crippen LogP contribution in [0.25, 0.3) is 0 Å². The van der Waals surface area contributed by atoms with Crippen molar-refractivity contribution in [1.82, 2.24) is 4.90 Å². The second-order valence-electron chi connectivity index (χ2n) is 7.82. The number of hydrogen-bond donors (Lipinski definition) is 4. The normalized spacial score (nSPS) is 35.8. The van der Waals surface area contributed by atoms with Gasteiger partial charge in [0.05, 0.1) is 5.41 Å². The van der Waals surface area contributed by atoms with Gasteiger partial charge in [0, 0.05) is 11.1 Å². The topological polar surface area (TPSA) is 128 Å². The van der Waals surface area contributed by atoms with E-state index < -0.39 is 41.4 Å². The van der Waals surface area contributed by atoms with Crippen molar-refractivity contribution in [3.8, 4) is 11.5 Å². The Morgan fingerprint density at radius 1 is 1.33 bits per heavy atom. The summed E-state index contributed by atoms with van der Waals surface area (Å²) in [5.41, 5.74) is -1.32. The average Bonchev–Trinajstić information content (AvgIpc) is 3.00. The number of benzene rings is 1. The summed E-state index contributed by atoms with van der Waals surface area (Å²) in [6.45, 7) is 0.605. The molecule has 1 saturated heterocycles. The minimum absolute atomic E-state index is 0.0627. The van der Waals surface area contributed by atoms with E-state index in [1.807, 2.05) is 11.9 Å². The zero-order chi connectivity index (χ0) is 22.2. The number of aliphatic carboxylic acids is 1. The Morgan fingerprint density at radius 2 is 1.97 bits per heavy atom. The van der Waals surface area contributed by atoms with Crippen LogP contribution in [0.2, 0.25) is 0 Å². The SMILES string of the molecule is CN1CC[C@]23c4c5ccc(O)c4O[C@H]2[C@@H](O)C=C[C@@]3(O)[C@H]1C5=O.O=C(O)C(F)(F)F. The number of carbonyl (C=O) groups is 2. The van der Waals surface area contributed by atoms with Crippen molar-refractivity contribution in [2.75, 3.05) is 13.6 Å². The molecule has 0 radical (unpaired) electrons. The number of ether oxygens (including phenoxy) is 1. The van der Waals surface area contributed by atoms with E-state index in [-0.39, 0.29) is 17.3 Å². The second kappa shape index (κ2) is 6.19. The smallest absolute Gasteiger partial charge is 0.490 e. The molecule has 0 amide bonds. The fourth-order valence-electron chi connectivity index (χ4n) is 5.16. The van der Waals surface area contributed by atoms with Crippen LogP contribution >= 0.6 is 0 Å². The molecule has 5 atom stereocenters. The first kappa shape index (κ1) is 20.6. The monoisotopic (exact) mass is 429 g/mol. The van der Waals surface area contributed by atoms with Crippen LogP contribution in [-0.4, -0.2) is 80.7 Å². The molecule has 0 unspecified atom stereocenters. The number of phenolic OH excluding ortho intramolecular Hbond substituents is 1. The molecule has 4 N–H and O–H groups in total. The predicted octanol–water partition coefficient (Wildman–Crippen LogP) is 0.586. The number of hydrogen-bond acceptors (Lipinski definition) is 7. The first-order valence-corrected chi connectivity index (χ1v) is 9.03. The van der Waals surface area contributed by atoms with Crippen molar-refractivity contribution in [2.24, 2.45) is 0 Å². The van der Waals surface area contributed by atoms with Crippen LogP contribution in [0.5, 0.6) is 11.5 Å². The number of aromatic hydroxyl groups is 1. The van der Waals surface area contributed by atoms with E-state index in [0.29, 0.717) is 24.1 Å². The highest BCUT2D eigenvalue weighted by Crippen LogP contribution is 2.63. The lowest BCUT2D eigenvalue weighted by atomic mass is 9.50. The molecule has 11 heteroatoms. The van der Waals surface area contributed by atoms with Gasteiger partial charge in [0.25, 0.3) is 0 Å². The van der Waals surface area contributed by atoms with E-state index in [2.05, 4.69) is 0 Å². The van der Waals surface area contributed by atoms with Crippen molar-refractivity contribution >= 4 is 11.8 Å². The van der Waals surface area contributed by atoms with Crippen LogP contribution in [0.1, 0.15) is 22.3 Å². The van der Waals surface area contributed by atoms with Gasteiger partial charge in [0.1, 0.15) is 23.9 Å². The zero-order valence-corrected chi connectivity index (χ0v) is 15.6. The number of likely N-dealkylation sites (N-methyl/N-ethyl adjacent to an activating group) is 1. The van der Waals surface area contributed by atoms with E-state index in [1.165, 1.54) is 12.1 Å². The van der Waals surface area contributed by atoms with E-state index >= 15 is 0 Å². The Morgan fingerprint density at radius 3 is 2.57 bits per heavy atom. The summed E-state index contributed by atoms with van der Waals surface area (Å²) in [5.74, 6) is -2.77. The Bertz CT molecular complexity index is 978. The van der Waals surface area contributed by atoms with Gasteiger partial charge in [-0.1, -0.05) is 12.2 Å². The molecule has 0 aromatic heterocycles. The molecule has 5 rings (SSSR count). The number of ketones is 1. The van der Waals surface area contributed by atoms with Gasteiger partial charge < -0.3 is 25.2 Å². The lowest BCUT2D eigenvalue weighted by Gasteiger charge is -2.60. The first-order chi connectivity index (χ1) is 13.9. The van der Waals surface area contributed by atoms with Crippen molar-refractivity contribution in [2.45, 2.75) is 41.9 Å². The van der Waals surface area contributed by atoms with E-state index in [9.17, 15) is 33.3 Å². The summed E-state index contributed by atoms with van der Waals surface area (Å²) < 4.78 is 37.6. The third-order valence-corrected chi connectivity index (χ3v) is 6.36. The van der Waals surface area contributed by atoms with Crippen molar-refractivity contribution in [1.29, 1.82) is 0 Å². The molecule has 2 bridgehead atoms. The third-order valence-electron chi connectivity index (χ3n) is 6.36. The molecular formula is C19H18F3NO7. The molecular weight excluding hydrogens is 411 g/mol. The van der Waals surface area contributed by atoms with E-state index in [1.54, 1.807) is 12.1 Å². The molecule has 1 aromatic carbocycles. The molecule has 2 heterocycles. The van der Waals surface area contributed by atoms with E-state index in [0.717, 1.165) is 0 Å². The standard InChI is InChI=1S/C17H17NO5.C2HF3O2/c1-18-7-6-16-11-8-2-3-9(19)13(11)23-15(16)10(20)4-5-17(16,22)14(18)12(8)21;3-2(4,5)1(6)7/h2-5,10,14-15,19-20,22H,6-7H2,1H3;(H,6,7)/t10-,14+,15-,16-,17+;/m0./s1. The molecule has 8 nitrogen and oxygen atoms in total. The number of alkyl halides is 3. The van der Waals surface area contributed by atoms with Crippen LogP contribution in [-0.2, 0) is 10.2 Å². The number of Topliss-reactive ketones (excluding diaryl/α,β-unsaturated/α-hetero) is 1. The van der Waals surface area contributed by atoms with Gasteiger partial charge in [-0.2, -0.15) is 13.2 Å². The molecule has 1 spiro atoms. The van der Waals surface area contributed by atoms with Crippen LogP contribution < -0.4 is 4.74 Å². The van der Waals surface area contributed by atoms with Crippen LogP contribution in [0, 0.1) is 0 Å². The van der Waals surface area contributed by atoms with Crippen LogP contribution in [0.3, 0.4) is 0 Å². The maximum Gasteiger partial charge on any atom is 0.490 e. The highest BCUT2D eigenvalue weighted by atomic mass is 19.4. The second-order valence-corrected chi connectivity index (χ2v) is 7.82. The summed E-state index contributed by atoms with van der Waals surface area (Å²) in [7, 11) is 1.82. The first-order valence-electron chi connectivity index (χ1n) is 9.03. The highest BCUT2D eigenvalue weighted by molar-refractivity contribution is 6.06. The zero-order valence-electron chi connectivity index (χ0n) is 15.6. The number of aliphatic hydroxyl groups excluding tert-OH is 1. The number of likely N-dealkylation sites (tertiary alicyclic amines) is 1. The molecule has 162 valence electrons. The summed E-state index contributed by atoms with van der Waals surface area (Å²) in [6, 6.07) is 2.33. The third kappa shape index (κ3) is 2.39. The van der Waals surface area contributed by atoms with Crippen LogP contribution in [0.4, 0.5) is 13.2 Å². The summed E-state index contributed by atoms with van der Waals surface area (Å²) in [4.78, 5) is 23.8. The molecule has 1 fully saturated rings. The maximum atomic E-state index is 13.0. The maximum absolute atomic E-state index is 13.0. The quantitative estimate of drug-likeness (QED) is 0.442. The lowest BCUT2D eigenvalue weighted by molar-refractivity contribution is -0.192. The number of piperidine rings is 1. The van der Waals surface area contributed by atoms with Crippen molar-refractivity contribution in [3.63, 3.8) is 0 Å². The fourth-order valence-corrected chi connectivity index (χ4v) is 5.16. The summed E-state index contributed by atoms with van der Waals surface area (Å²) >= 11 is 0. The number of aliphatic hydroxyl groups is 2. The Balaban J connectivity index is 0.000000272. The van der Waals surface area contributed by atoms with Gasteiger partial charge in [-0.05, 0) is 32.1 Å². The average molecular weight is 429 g/mol. The summed E-state index contributed by atoms with van der Waals surface area (Å²) in [5, 5.41) is 39.3. The minimum Gasteiger partial charge on any atom is -0.504 e. The molecule has 2 aliphatic carbocycles. The molecule has 30 heavy (non-hydrogen) atoms. The molecule has 0 saturated carbocycles. The largest absolute Gasteiger partial charge is 0.504 e. The van der Waals surface area contributed by atoms with Crippen molar-refractivity contribution in [3.05, 3.63) is 35.4 Å². The fraction of sp³-hybridized carbons (Fsp3) is 0.474. The number of halogens is 3. The number of rotatable bonds is 0. The molecule has 2 aliphatic heterocycles. The predicted molar refractivity (Wildman–Crippen MR) is 93.4 cm³/mol. The van der Waals surface area contributed by atoms with Gasteiger partial charge in [0.15, 0.2) is 17.3 Å². The summed E-state index contributed by atoms with van der Waals surface area (Å²) in [6.07, 6.45) is -3.09. The number of nitrogens with zero attached hydrogens (tertiary/aromatic N) is 1. The number of carbonyl (C=O) groups excluding carboxylic acids is 1. The Hall–Kier alpha value is -2.63. The van der Waals surface area contributed by atoms with Crippen molar-refractivity contribution < 1.29 is 47.9 Å². The van der Waals surface area contributed by atoms with E-state index in [4.69, 9.17) is 14.6 Å². The number of carboxylic acid groups (broad SMARTS) is 1. The van der Waals surface area contributed by atoms with Crippen LogP contribution in [0.15, 0.2) is 24.3 Å². The van der Waals surface area contributed by atoms with Gasteiger partial charge in [-0.15, -0.1) is 0 Å².